The number of nitrogens with one attached hydrogen (secondary N) is 1. The van der Waals surface area contributed by atoms with Crippen LogP contribution in [-0.2, 0) is 32.6 Å². The fourth-order valence-electron chi connectivity index (χ4n) is 4.21. The van der Waals surface area contributed by atoms with E-state index in [0.29, 0.717) is 12.1 Å². The smallest absolute Gasteiger partial charge is 0.244 e. The number of nitrogens with zero attached hydrogens (tertiary/aromatic N) is 2. The summed E-state index contributed by atoms with van der Waals surface area (Å²) in [7, 11) is -3.77. The number of hydrogen-bond acceptors (Lipinski definition) is 4. The number of rotatable bonds is 12. The van der Waals surface area contributed by atoms with E-state index < -0.39 is 28.5 Å². The summed E-state index contributed by atoms with van der Waals surface area (Å²) in [5, 5.41) is 3.03. The van der Waals surface area contributed by atoms with Crippen LogP contribution in [0, 0.1) is 6.92 Å². The molecular formula is C30H37N3O4S. The summed E-state index contributed by atoms with van der Waals surface area (Å²) >= 11 is 0. The molecule has 0 bridgehead atoms. The standard InChI is InChI=1S/C30H37N3O4S/c1-5-24(3)31-30(35)28(20-25-14-8-6-9-15-25)32(21-26-16-12-13-23(2)19-26)29(34)22-33(38(4,36)37)27-17-10-7-11-18-27/h6-19,24,28H,5,20-22H2,1-4H3,(H,31,35). The molecule has 0 fully saturated rings. The molecule has 0 radical (unpaired) electrons. The highest BCUT2D eigenvalue weighted by molar-refractivity contribution is 7.92. The van der Waals surface area contributed by atoms with E-state index >= 15 is 0 Å². The van der Waals surface area contributed by atoms with E-state index in [0.717, 1.165) is 33.7 Å². The Labute approximate surface area is 226 Å². The Balaban J connectivity index is 2.04. The van der Waals surface area contributed by atoms with Crippen molar-refractivity contribution < 1.29 is 18.0 Å². The SMILES string of the molecule is CCC(C)NC(=O)C(Cc1ccccc1)N(Cc1cccc(C)c1)C(=O)CN(c1ccccc1)S(C)(=O)=O. The molecular weight excluding hydrogens is 498 g/mol. The molecule has 0 aliphatic heterocycles. The van der Waals surface area contributed by atoms with Crippen molar-refractivity contribution in [3.63, 3.8) is 0 Å². The molecule has 0 saturated heterocycles. The summed E-state index contributed by atoms with van der Waals surface area (Å²) in [5.41, 5.74) is 3.18. The number of para-hydroxylation sites is 1. The lowest BCUT2D eigenvalue weighted by atomic mass is 10.0. The molecule has 202 valence electrons. The van der Waals surface area contributed by atoms with E-state index in [2.05, 4.69) is 5.32 Å². The first-order valence-corrected chi connectivity index (χ1v) is 14.7. The van der Waals surface area contributed by atoms with Crippen molar-refractivity contribution in [3.05, 3.63) is 102 Å². The second-order valence-electron chi connectivity index (χ2n) is 9.64. The molecule has 8 heteroatoms. The molecule has 2 unspecified atom stereocenters. The van der Waals surface area contributed by atoms with Crippen molar-refractivity contribution in [2.75, 3.05) is 17.1 Å². The third kappa shape index (κ3) is 8.18. The van der Waals surface area contributed by atoms with Crippen LogP contribution in [0.25, 0.3) is 0 Å². The molecule has 3 rings (SSSR count). The van der Waals surface area contributed by atoms with Crippen LogP contribution >= 0.6 is 0 Å². The van der Waals surface area contributed by atoms with Crippen molar-refractivity contribution in [2.24, 2.45) is 0 Å². The van der Waals surface area contributed by atoms with Gasteiger partial charge in [0.05, 0.1) is 11.9 Å². The Morgan fingerprint density at radius 1 is 0.895 bits per heavy atom. The van der Waals surface area contributed by atoms with Crippen molar-refractivity contribution in [1.82, 2.24) is 10.2 Å². The summed E-state index contributed by atoms with van der Waals surface area (Å²) < 4.78 is 26.6. The fraction of sp³-hybridized carbons (Fsp3) is 0.333. The molecule has 2 amide bonds. The third-order valence-corrected chi connectivity index (χ3v) is 7.57. The van der Waals surface area contributed by atoms with Crippen molar-refractivity contribution >= 4 is 27.5 Å². The van der Waals surface area contributed by atoms with Gasteiger partial charge in [0, 0.05) is 19.0 Å². The normalized spacial score (nSPS) is 12.8. The number of amides is 2. The Morgan fingerprint density at radius 2 is 1.50 bits per heavy atom. The molecule has 2 atom stereocenters. The molecule has 0 aromatic heterocycles. The van der Waals surface area contributed by atoms with Gasteiger partial charge in [0.15, 0.2) is 0 Å². The van der Waals surface area contributed by atoms with Gasteiger partial charge in [0.2, 0.25) is 21.8 Å². The van der Waals surface area contributed by atoms with Crippen LogP contribution < -0.4 is 9.62 Å². The molecule has 7 nitrogen and oxygen atoms in total. The lowest BCUT2D eigenvalue weighted by Gasteiger charge is -2.34. The largest absolute Gasteiger partial charge is 0.352 e. The summed E-state index contributed by atoms with van der Waals surface area (Å²) in [6.45, 7) is 5.62. The van der Waals surface area contributed by atoms with Gasteiger partial charge in [-0.1, -0.05) is 85.3 Å². The van der Waals surface area contributed by atoms with Crippen molar-refractivity contribution in [1.29, 1.82) is 0 Å². The number of carbonyl (C=O) groups excluding carboxylic acids is 2. The van der Waals surface area contributed by atoms with Crippen molar-refractivity contribution in [2.45, 2.75) is 52.2 Å². The third-order valence-electron chi connectivity index (χ3n) is 6.43. The van der Waals surface area contributed by atoms with Gasteiger partial charge in [-0.2, -0.15) is 0 Å². The highest BCUT2D eigenvalue weighted by Gasteiger charge is 2.33. The molecule has 38 heavy (non-hydrogen) atoms. The number of carbonyl (C=O) groups is 2. The molecule has 0 heterocycles. The maximum atomic E-state index is 14.0. The number of benzene rings is 3. The van der Waals surface area contributed by atoms with Crippen molar-refractivity contribution in [3.8, 4) is 0 Å². The highest BCUT2D eigenvalue weighted by atomic mass is 32.2. The zero-order valence-corrected chi connectivity index (χ0v) is 23.3. The van der Waals surface area contributed by atoms with Gasteiger partial charge in [0.1, 0.15) is 12.6 Å². The molecule has 0 spiro atoms. The summed E-state index contributed by atoms with van der Waals surface area (Å²) in [6.07, 6.45) is 2.12. The second kappa shape index (κ2) is 13.2. The van der Waals surface area contributed by atoms with E-state index in [4.69, 9.17) is 0 Å². The van der Waals surface area contributed by atoms with Crippen LogP contribution in [0.1, 0.15) is 37.0 Å². The Kier molecular flexibility index (Phi) is 10.1. The van der Waals surface area contributed by atoms with E-state index in [-0.39, 0.29) is 18.5 Å². The first-order valence-electron chi connectivity index (χ1n) is 12.8. The second-order valence-corrected chi connectivity index (χ2v) is 11.5. The monoisotopic (exact) mass is 535 g/mol. The zero-order valence-electron chi connectivity index (χ0n) is 22.5. The van der Waals surface area contributed by atoms with Gasteiger partial charge in [-0.25, -0.2) is 8.42 Å². The fourth-order valence-corrected chi connectivity index (χ4v) is 5.06. The van der Waals surface area contributed by atoms with Crippen LogP contribution in [0.3, 0.4) is 0 Å². The van der Waals surface area contributed by atoms with Crippen LogP contribution in [0.15, 0.2) is 84.9 Å². The Morgan fingerprint density at radius 3 is 2.08 bits per heavy atom. The van der Waals surface area contributed by atoms with Gasteiger partial charge in [-0.05, 0) is 43.5 Å². The van der Waals surface area contributed by atoms with Crippen LogP contribution in [0.5, 0.6) is 0 Å². The maximum absolute atomic E-state index is 14.0. The molecule has 1 N–H and O–H groups in total. The molecule has 0 aliphatic carbocycles. The van der Waals surface area contributed by atoms with Gasteiger partial charge >= 0.3 is 0 Å². The molecule has 3 aromatic carbocycles. The number of anilines is 1. The molecule has 0 aliphatic rings. The lowest BCUT2D eigenvalue weighted by Crippen LogP contribution is -2.54. The maximum Gasteiger partial charge on any atom is 0.244 e. The summed E-state index contributed by atoms with van der Waals surface area (Å²) in [4.78, 5) is 29.1. The van der Waals surface area contributed by atoms with Gasteiger partial charge in [-0.3, -0.25) is 13.9 Å². The molecule has 3 aromatic rings. The average Bonchev–Trinajstić information content (AvgIpc) is 2.89. The average molecular weight is 536 g/mol. The first kappa shape index (κ1) is 28.9. The quantitative estimate of drug-likeness (QED) is 0.374. The Bertz CT molecular complexity index is 1310. The zero-order chi connectivity index (χ0) is 27.7. The summed E-state index contributed by atoms with van der Waals surface area (Å²) in [6, 6.07) is 24.9. The lowest BCUT2D eigenvalue weighted by molar-refractivity contribution is -0.140. The number of sulfonamides is 1. The Hall–Kier alpha value is -3.65. The highest BCUT2D eigenvalue weighted by Crippen LogP contribution is 2.20. The van der Waals surface area contributed by atoms with E-state index in [1.54, 1.807) is 30.3 Å². The van der Waals surface area contributed by atoms with E-state index in [1.165, 1.54) is 4.90 Å². The molecule has 0 saturated carbocycles. The van der Waals surface area contributed by atoms with Gasteiger partial charge in [-0.15, -0.1) is 0 Å². The summed E-state index contributed by atoms with van der Waals surface area (Å²) in [5.74, 6) is -0.726. The van der Waals surface area contributed by atoms with E-state index in [9.17, 15) is 18.0 Å². The minimum absolute atomic E-state index is 0.0754. The predicted molar refractivity (Wildman–Crippen MR) is 152 cm³/mol. The minimum Gasteiger partial charge on any atom is -0.352 e. The predicted octanol–water partition coefficient (Wildman–Crippen LogP) is 4.32. The topological polar surface area (TPSA) is 86.8 Å². The minimum atomic E-state index is -3.77. The number of aryl methyl sites for hydroxylation is 1. The van der Waals surface area contributed by atoms with Gasteiger partial charge in [0.25, 0.3) is 0 Å². The van der Waals surface area contributed by atoms with Gasteiger partial charge < -0.3 is 10.2 Å². The van der Waals surface area contributed by atoms with Crippen LogP contribution in [0.4, 0.5) is 5.69 Å². The van der Waals surface area contributed by atoms with Crippen LogP contribution in [0.2, 0.25) is 0 Å². The first-order chi connectivity index (χ1) is 18.1. The van der Waals surface area contributed by atoms with E-state index in [1.807, 2.05) is 75.4 Å². The van der Waals surface area contributed by atoms with Crippen LogP contribution in [-0.4, -0.2) is 50.0 Å². The number of hydrogen-bond donors (Lipinski definition) is 1.